The van der Waals surface area contributed by atoms with Gasteiger partial charge in [0, 0.05) is 33.7 Å². The SMILES string of the molecule is Cc1cc(C(C)Nc2ccnc(NN)c2)c(C)s1. The fourth-order valence-corrected chi connectivity index (χ4v) is 3.03. The highest BCUT2D eigenvalue weighted by Crippen LogP contribution is 2.28. The number of thiophene rings is 1. The highest BCUT2D eigenvalue weighted by molar-refractivity contribution is 7.12. The summed E-state index contributed by atoms with van der Waals surface area (Å²) in [5.41, 5.74) is 4.90. The van der Waals surface area contributed by atoms with Gasteiger partial charge < -0.3 is 10.7 Å². The molecule has 4 N–H and O–H groups in total. The maximum absolute atomic E-state index is 5.35. The minimum absolute atomic E-state index is 0.267. The van der Waals surface area contributed by atoms with Gasteiger partial charge in [0.15, 0.2) is 0 Å². The summed E-state index contributed by atoms with van der Waals surface area (Å²) in [7, 11) is 0. The fourth-order valence-electron chi connectivity index (χ4n) is 2.01. The summed E-state index contributed by atoms with van der Waals surface area (Å²) in [6, 6.07) is 6.33. The molecule has 0 aromatic carbocycles. The molecule has 0 aliphatic carbocycles. The molecule has 0 saturated heterocycles. The topological polar surface area (TPSA) is 63.0 Å². The second-order valence-electron chi connectivity index (χ2n) is 4.31. The predicted molar refractivity (Wildman–Crippen MR) is 77.9 cm³/mol. The maximum atomic E-state index is 5.35. The summed E-state index contributed by atoms with van der Waals surface area (Å²) in [4.78, 5) is 6.79. The molecule has 0 aliphatic heterocycles. The van der Waals surface area contributed by atoms with Crippen LogP contribution in [0.2, 0.25) is 0 Å². The van der Waals surface area contributed by atoms with Gasteiger partial charge in [-0.25, -0.2) is 10.8 Å². The van der Waals surface area contributed by atoms with Gasteiger partial charge in [0.05, 0.1) is 0 Å². The first-order valence-corrected chi connectivity index (χ1v) is 6.68. The van der Waals surface area contributed by atoms with Crippen molar-refractivity contribution in [2.45, 2.75) is 26.8 Å². The zero-order valence-electron chi connectivity index (χ0n) is 10.8. The molecule has 2 aromatic rings. The zero-order chi connectivity index (χ0) is 13.1. The maximum Gasteiger partial charge on any atom is 0.141 e. The number of anilines is 2. The Morgan fingerprint density at radius 3 is 2.72 bits per heavy atom. The van der Waals surface area contributed by atoms with Crippen LogP contribution in [0.1, 0.15) is 28.3 Å². The van der Waals surface area contributed by atoms with E-state index >= 15 is 0 Å². The van der Waals surface area contributed by atoms with Gasteiger partial charge in [0.25, 0.3) is 0 Å². The van der Waals surface area contributed by atoms with E-state index in [1.54, 1.807) is 6.20 Å². The first-order valence-electron chi connectivity index (χ1n) is 5.86. The summed E-state index contributed by atoms with van der Waals surface area (Å²) in [6.45, 7) is 6.45. The molecule has 0 fully saturated rings. The first-order chi connectivity index (χ1) is 8.60. The number of aryl methyl sites for hydroxylation is 2. The Labute approximate surface area is 111 Å². The van der Waals surface area contributed by atoms with Crippen molar-refractivity contribution in [2.75, 3.05) is 10.7 Å². The van der Waals surface area contributed by atoms with Gasteiger partial charge in [-0.2, -0.15) is 0 Å². The summed E-state index contributed by atoms with van der Waals surface area (Å²) in [6.07, 6.45) is 1.73. The van der Waals surface area contributed by atoms with Gasteiger partial charge in [-0.15, -0.1) is 11.3 Å². The van der Waals surface area contributed by atoms with Crippen molar-refractivity contribution in [3.8, 4) is 0 Å². The zero-order valence-corrected chi connectivity index (χ0v) is 11.6. The smallest absolute Gasteiger partial charge is 0.141 e. The minimum Gasteiger partial charge on any atom is -0.378 e. The molecule has 2 aromatic heterocycles. The number of nitrogens with two attached hydrogens (primary N) is 1. The number of nitrogens with zero attached hydrogens (tertiary/aromatic N) is 1. The Balaban J connectivity index is 2.15. The Kier molecular flexibility index (Phi) is 3.84. The largest absolute Gasteiger partial charge is 0.378 e. The fraction of sp³-hybridized carbons (Fsp3) is 0.308. The van der Waals surface area contributed by atoms with E-state index < -0.39 is 0 Å². The molecule has 96 valence electrons. The number of hydrogen-bond donors (Lipinski definition) is 3. The van der Waals surface area contributed by atoms with E-state index in [-0.39, 0.29) is 6.04 Å². The first kappa shape index (κ1) is 12.9. The van der Waals surface area contributed by atoms with Crippen LogP contribution in [-0.4, -0.2) is 4.98 Å². The highest BCUT2D eigenvalue weighted by Gasteiger charge is 2.11. The Bertz CT molecular complexity index is 536. The summed E-state index contributed by atoms with van der Waals surface area (Å²) in [5, 5.41) is 3.46. The van der Waals surface area contributed by atoms with Crippen LogP contribution < -0.4 is 16.6 Å². The molecule has 0 spiro atoms. The van der Waals surface area contributed by atoms with Gasteiger partial charge in [0.2, 0.25) is 0 Å². The van der Waals surface area contributed by atoms with Crippen LogP contribution in [0.4, 0.5) is 11.5 Å². The monoisotopic (exact) mass is 262 g/mol. The summed E-state index contributed by atoms with van der Waals surface area (Å²) in [5.74, 6) is 6.01. The van der Waals surface area contributed by atoms with E-state index in [0.29, 0.717) is 5.82 Å². The third-order valence-electron chi connectivity index (χ3n) is 2.84. The third kappa shape index (κ3) is 2.80. The van der Waals surface area contributed by atoms with Crippen LogP contribution in [0.25, 0.3) is 0 Å². The molecular weight excluding hydrogens is 244 g/mol. The minimum atomic E-state index is 0.267. The van der Waals surface area contributed by atoms with E-state index in [1.807, 2.05) is 23.5 Å². The molecule has 5 heteroatoms. The molecule has 2 heterocycles. The van der Waals surface area contributed by atoms with E-state index in [1.165, 1.54) is 15.3 Å². The van der Waals surface area contributed by atoms with Gasteiger partial charge in [0.1, 0.15) is 5.82 Å². The molecule has 0 bridgehead atoms. The Morgan fingerprint density at radius 2 is 2.11 bits per heavy atom. The molecule has 1 unspecified atom stereocenters. The van der Waals surface area contributed by atoms with Crippen LogP contribution >= 0.6 is 11.3 Å². The highest BCUT2D eigenvalue weighted by atomic mass is 32.1. The lowest BCUT2D eigenvalue weighted by Crippen LogP contribution is -2.10. The molecule has 0 amide bonds. The molecule has 4 nitrogen and oxygen atoms in total. The number of nitrogens with one attached hydrogen (secondary N) is 2. The van der Waals surface area contributed by atoms with Crippen LogP contribution in [-0.2, 0) is 0 Å². The standard InChI is InChI=1S/C13H18N4S/c1-8-6-12(10(3)18-8)9(2)16-11-4-5-15-13(7-11)17-14/h4-7,9H,14H2,1-3H3,(H2,15,16,17). The van der Waals surface area contributed by atoms with Crippen molar-refractivity contribution in [2.24, 2.45) is 5.84 Å². The quantitative estimate of drug-likeness (QED) is 0.585. The molecule has 0 saturated carbocycles. The predicted octanol–water partition coefficient (Wildman–Crippen LogP) is 3.22. The molecule has 1 atom stereocenters. The number of hydrazine groups is 1. The van der Waals surface area contributed by atoms with Crippen LogP contribution in [0.3, 0.4) is 0 Å². The molecular formula is C13H18N4S. The van der Waals surface area contributed by atoms with E-state index in [4.69, 9.17) is 5.84 Å². The number of nitrogen functional groups attached to an aromatic ring is 1. The summed E-state index contributed by atoms with van der Waals surface area (Å²) < 4.78 is 0. The molecule has 2 rings (SSSR count). The van der Waals surface area contributed by atoms with E-state index in [2.05, 4.69) is 42.6 Å². The average molecular weight is 262 g/mol. The van der Waals surface area contributed by atoms with Crippen LogP contribution in [0, 0.1) is 13.8 Å². The van der Waals surface area contributed by atoms with Gasteiger partial charge in [-0.05, 0) is 38.5 Å². The third-order valence-corrected chi connectivity index (χ3v) is 3.82. The average Bonchev–Trinajstić information content (AvgIpc) is 2.69. The van der Waals surface area contributed by atoms with Crippen molar-refractivity contribution in [3.05, 3.63) is 39.7 Å². The van der Waals surface area contributed by atoms with Crippen molar-refractivity contribution in [3.63, 3.8) is 0 Å². The van der Waals surface area contributed by atoms with Gasteiger partial charge >= 0.3 is 0 Å². The second kappa shape index (κ2) is 5.37. The van der Waals surface area contributed by atoms with E-state index in [9.17, 15) is 0 Å². The van der Waals surface area contributed by atoms with Crippen molar-refractivity contribution in [1.29, 1.82) is 0 Å². The summed E-state index contributed by atoms with van der Waals surface area (Å²) >= 11 is 1.83. The van der Waals surface area contributed by atoms with Gasteiger partial charge in [-0.3, -0.25) is 0 Å². The number of aromatic nitrogens is 1. The Morgan fingerprint density at radius 1 is 1.33 bits per heavy atom. The van der Waals surface area contributed by atoms with Gasteiger partial charge in [-0.1, -0.05) is 0 Å². The lowest BCUT2D eigenvalue weighted by molar-refractivity contribution is 0.881. The second-order valence-corrected chi connectivity index (χ2v) is 5.77. The normalized spacial score (nSPS) is 12.2. The lowest BCUT2D eigenvalue weighted by Gasteiger charge is -2.15. The van der Waals surface area contributed by atoms with Crippen LogP contribution in [0.15, 0.2) is 24.4 Å². The number of pyridine rings is 1. The van der Waals surface area contributed by atoms with Crippen LogP contribution in [0.5, 0.6) is 0 Å². The Hall–Kier alpha value is -1.59. The molecule has 0 aliphatic rings. The van der Waals surface area contributed by atoms with Crippen molar-refractivity contribution in [1.82, 2.24) is 4.98 Å². The number of rotatable bonds is 4. The van der Waals surface area contributed by atoms with Crippen molar-refractivity contribution >= 4 is 22.8 Å². The molecule has 18 heavy (non-hydrogen) atoms. The van der Waals surface area contributed by atoms with E-state index in [0.717, 1.165) is 5.69 Å². The molecule has 0 radical (unpaired) electrons. The lowest BCUT2D eigenvalue weighted by atomic mass is 10.1. The van der Waals surface area contributed by atoms with Crippen molar-refractivity contribution < 1.29 is 0 Å². The number of hydrogen-bond acceptors (Lipinski definition) is 5.